The maximum atomic E-state index is 11.9. The van der Waals surface area contributed by atoms with Crippen molar-refractivity contribution in [3.63, 3.8) is 0 Å². The van der Waals surface area contributed by atoms with Crippen LogP contribution in [0.15, 0.2) is 72.9 Å². The molecule has 18 nitrogen and oxygen atoms in total. The number of hydrogen-bond donors (Lipinski definition) is 1. The monoisotopic (exact) mass is 1350 g/mol. The van der Waals surface area contributed by atoms with Gasteiger partial charge in [-0.3, -0.25) is 4.79 Å². The summed E-state index contributed by atoms with van der Waals surface area (Å²) in [5.74, 6) is 3.82. The lowest BCUT2D eigenvalue weighted by molar-refractivity contribution is -0.217. The average Bonchev–Trinajstić information content (AvgIpc) is 1.69. The van der Waals surface area contributed by atoms with Gasteiger partial charge in [0.25, 0.3) is 0 Å². The minimum absolute atomic E-state index is 0. The summed E-state index contributed by atoms with van der Waals surface area (Å²) in [7, 11) is 0. The van der Waals surface area contributed by atoms with Gasteiger partial charge in [0.15, 0.2) is 5.41 Å². The van der Waals surface area contributed by atoms with Gasteiger partial charge < -0.3 is 43.0 Å². The second-order valence-electron chi connectivity index (χ2n) is 33.0. The molecule has 2 heterocycles. The first kappa shape index (κ1) is 76.4. The summed E-state index contributed by atoms with van der Waals surface area (Å²) in [5.41, 5.74) is 0.162. The molecular formula is C79H113NO17. The summed E-state index contributed by atoms with van der Waals surface area (Å²) in [6, 6.07) is 2.11. The van der Waals surface area contributed by atoms with Gasteiger partial charge in [-0.2, -0.15) is 5.26 Å². The Labute approximate surface area is 576 Å². The summed E-state index contributed by atoms with van der Waals surface area (Å²) in [6.45, 7) is 40.3. The normalized spacial score (nSPS) is 37.8. The number of rotatable bonds is 14. The van der Waals surface area contributed by atoms with E-state index in [0.717, 1.165) is 81.0 Å². The van der Waals surface area contributed by atoms with Crippen LogP contribution in [0.1, 0.15) is 237 Å². The molecule has 0 radical (unpaired) electrons. The zero-order valence-electron chi connectivity index (χ0n) is 59.1. The lowest BCUT2D eigenvalue weighted by Crippen LogP contribution is -2.60. The van der Waals surface area contributed by atoms with Crippen molar-refractivity contribution in [3.8, 4) is 6.07 Å². The highest BCUT2D eigenvalue weighted by Crippen LogP contribution is 2.66. The molecule has 15 saturated carbocycles. The summed E-state index contributed by atoms with van der Waals surface area (Å²) >= 11 is 0. The number of aliphatic hydroxyl groups is 1. The van der Waals surface area contributed by atoms with Crippen LogP contribution in [0.4, 0.5) is 0 Å². The van der Waals surface area contributed by atoms with Crippen molar-refractivity contribution in [2.24, 2.45) is 75.9 Å². The third kappa shape index (κ3) is 16.3. The van der Waals surface area contributed by atoms with Crippen LogP contribution >= 0.6 is 0 Å². The molecular weight excluding hydrogens is 1230 g/mol. The molecule has 0 spiro atoms. The van der Waals surface area contributed by atoms with E-state index in [2.05, 4.69) is 78.0 Å². The predicted molar refractivity (Wildman–Crippen MR) is 363 cm³/mol. The lowest BCUT2D eigenvalue weighted by atomic mass is 9.46. The van der Waals surface area contributed by atoms with Crippen molar-refractivity contribution in [1.29, 1.82) is 5.26 Å². The van der Waals surface area contributed by atoms with Gasteiger partial charge in [0.1, 0.15) is 34.6 Å². The largest absolute Gasteiger partial charge is 0.463 e. The Morgan fingerprint density at radius 1 is 0.588 bits per heavy atom. The third-order valence-corrected chi connectivity index (χ3v) is 24.7. The first-order valence-corrected chi connectivity index (χ1v) is 35.7. The van der Waals surface area contributed by atoms with Gasteiger partial charge in [0, 0.05) is 63.5 Å². The smallest absolute Gasteiger partial charge is 0.347 e. The Bertz CT molecular complexity index is 3110. The van der Waals surface area contributed by atoms with Crippen LogP contribution < -0.4 is 0 Å². The minimum atomic E-state index is -0.985. The van der Waals surface area contributed by atoms with Gasteiger partial charge in [0.2, 0.25) is 6.10 Å². The van der Waals surface area contributed by atoms with Gasteiger partial charge in [-0.15, -0.1) is 0 Å². The number of cyclic esters (lactones) is 1. The lowest BCUT2D eigenvalue weighted by Gasteiger charge is -2.61. The van der Waals surface area contributed by atoms with Crippen molar-refractivity contribution in [1.82, 2.24) is 0 Å². The van der Waals surface area contributed by atoms with Crippen LogP contribution in [-0.2, 0) is 76.3 Å². The number of fused-ring (bicyclic) bond motifs is 1. The Hall–Kier alpha value is -6.35. The number of carbonyl (C=O) groups is 8. The van der Waals surface area contributed by atoms with Crippen molar-refractivity contribution in [3.05, 3.63) is 72.9 Å². The van der Waals surface area contributed by atoms with E-state index >= 15 is 0 Å². The highest BCUT2D eigenvalue weighted by atomic mass is 16.6. The van der Waals surface area contributed by atoms with E-state index in [-0.39, 0.29) is 70.9 Å². The van der Waals surface area contributed by atoms with Gasteiger partial charge in [-0.1, -0.05) is 53.8 Å². The highest BCUT2D eigenvalue weighted by molar-refractivity contribution is 5.91. The maximum absolute atomic E-state index is 11.9. The van der Waals surface area contributed by atoms with Crippen LogP contribution in [0, 0.1) is 87.3 Å². The van der Waals surface area contributed by atoms with E-state index in [4.69, 9.17) is 33.2 Å². The maximum Gasteiger partial charge on any atom is 0.347 e. The van der Waals surface area contributed by atoms with E-state index in [0.29, 0.717) is 77.4 Å². The molecule has 8 unspecified atom stereocenters. The van der Waals surface area contributed by atoms with Gasteiger partial charge >= 0.3 is 47.8 Å². The topological polar surface area (TPSA) is 254 Å². The zero-order chi connectivity index (χ0) is 70.4. The Balaban J connectivity index is 0.000000149. The molecule has 15 aliphatic carbocycles. The molecule has 97 heavy (non-hydrogen) atoms. The predicted octanol–water partition coefficient (Wildman–Crippen LogP) is 14.4. The molecule has 0 aromatic rings. The first-order valence-electron chi connectivity index (χ1n) is 35.7. The van der Waals surface area contributed by atoms with Gasteiger partial charge in [-0.25, -0.2) is 33.6 Å². The number of ether oxygens (including phenoxy) is 8. The molecule has 1 N–H and O–H groups in total. The molecule has 14 bridgehead atoms. The quantitative estimate of drug-likeness (QED) is 0.0963. The molecule has 0 aromatic carbocycles. The second-order valence-corrected chi connectivity index (χ2v) is 33.0. The number of nitriles is 1. The average molecular weight is 1350 g/mol. The first-order chi connectivity index (χ1) is 44.9. The van der Waals surface area contributed by atoms with E-state index in [1.165, 1.54) is 96.8 Å². The van der Waals surface area contributed by atoms with E-state index < -0.39 is 58.8 Å². The van der Waals surface area contributed by atoms with Gasteiger partial charge in [-0.05, 0) is 263 Å². The molecule has 18 heteroatoms. The Kier molecular flexibility index (Phi) is 23.2. The van der Waals surface area contributed by atoms with Crippen molar-refractivity contribution in [2.45, 2.75) is 284 Å². The Morgan fingerprint density at radius 2 is 1.04 bits per heavy atom. The van der Waals surface area contributed by atoms with Crippen molar-refractivity contribution < 1.29 is 81.4 Å². The summed E-state index contributed by atoms with van der Waals surface area (Å²) < 4.78 is 42.8. The second kappa shape index (κ2) is 29.5. The Morgan fingerprint density at radius 3 is 1.48 bits per heavy atom. The summed E-state index contributed by atoms with van der Waals surface area (Å²) in [4.78, 5) is 91.9. The molecule has 0 aromatic heterocycles. The highest BCUT2D eigenvalue weighted by Gasteiger charge is 2.72. The fourth-order valence-corrected chi connectivity index (χ4v) is 20.5. The number of carbonyl (C=O) groups excluding carboxylic acids is 8. The van der Waals surface area contributed by atoms with Crippen LogP contribution in [-0.4, -0.2) is 106 Å². The van der Waals surface area contributed by atoms with Crippen LogP contribution in [0.3, 0.4) is 0 Å². The zero-order valence-corrected chi connectivity index (χ0v) is 59.1. The van der Waals surface area contributed by atoms with Crippen LogP contribution in [0.2, 0.25) is 0 Å². The molecule has 2 saturated heterocycles. The number of nitrogens with zero attached hydrogens (tertiary/aromatic N) is 1. The minimum Gasteiger partial charge on any atom is -0.463 e. The number of hydrogen-bond acceptors (Lipinski definition) is 18. The number of esters is 8. The molecule has 536 valence electrons. The summed E-state index contributed by atoms with van der Waals surface area (Å²) in [5, 5.41) is 19.7. The molecule has 2 aliphatic heterocycles. The summed E-state index contributed by atoms with van der Waals surface area (Å²) in [6.07, 6.45) is 25.4. The van der Waals surface area contributed by atoms with Crippen molar-refractivity contribution in [2.75, 3.05) is 6.61 Å². The molecule has 17 aliphatic rings. The van der Waals surface area contributed by atoms with E-state index in [1.807, 2.05) is 0 Å². The fourth-order valence-electron chi connectivity index (χ4n) is 20.5. The van der Waals surface area contributed by atoms with Gasteiger partial charge in [0.05, 0.1) is 18.3 Å². The van der Waals surface area contributed by atoms with E-state index in [1.54, 1.807) is 34.6 Å². The van der Waals surface area contributed by atoms with E-state index in [9.17, 15) is 48.7 Å². The van der Waals surface area contributed by atoms with Crippen LogP contribution in [0.5, 0.6) is 0 Å². The molecule has 17 rings (SSSR count). The SMILES string of the molecule is C.C=C(C)C(=O)OC(C)(C)C12CC3CC(CC(C3)C1)C2.C=C(C)C(=O)OC1(C)C2CC3CC(C2)CC1C3.C=C(C)C(=O)OC1(CC)CCCC1.C=C(C)C(=O)OC12CC3CC(CC(O)(C3)C1)C2.C=C(C)C(=O)OC1C2CC3C1OC(=O)C3(C#N)C2.C=C(C)C(=O)OC1CCOC1=O. The van der Waals surface area contributed by atoms with Crippen LogP contribution in [0.25, 0.3) is 0 Å². The fraction of sp³-hybridized carbons (Fsp3) is 0.734. The van der Waals surface area contributed by atoms with Crippen molar-refractivity contribution >= 4 is 47.8 Å². The standard InChI is InChI=1S/C17H26O2.C15H22O2.C14H20O3.C13H13NO4.C11H18O2.C8H10O4.CH4/c1-11(2)15(18)19-16(3,4)17-8-12-5-13(9-17)7-14(6-12)10-17;1-9(2)14(16)17-15(3)12-5-10-4-11(7-12)8-13(15)6-10;1-9(2)12(15)17-14-6-10-3-11(7-14)5-13(16,4-10)8-14;1-6(2)11(15)17-9-7-3-8-10(9)18-12(16)13(8,4-7)5-14;1-4-11(7-5-6-8-11)13-10(12)9(2)3;1-5(2)7(9)12-6-3-4-11-8(6)10;/h12-14H,1,5-10H2,2-4H3;10-13H,1,4-8H2,2-3H3;10-11,16H,1,3-8H2,2H3;7-10H,1,3-4H2,2H3;2,4-8H2,1,3H3;6H,1,3-4H2,2H3;1H4. The molecule has 0 amide bonds. The third-order valence-electron chi connectivity index (χ3n) is 24.7. The molecule has 8 atom stereocenters. The molecule has 17 fully saturated rings.